The summed E-state index contributed by atoms with van der Waals surface area (Å²) in [4.78, 5) is 0. The molecule has 1 saturated carbocycles. The third-order valence-corrected chi connectivity index (χ3v) is 4.75. The van der Waals surface area contributed by atoms with Crippen molar-refractivity contribution in [1.82, 2.24) is 0 Å². The van der Waals surface area contributed by atoms with Gasteiger partial charge in [0, 0.05) is 0 Å². The molecule has 0 amide bonds. The van der Waals surface area contributed by atoms with Crippen molar-refractivity contribution in [2.24, 2.45) is 29.6 Å². The predicted molar refractivity (Wildman–Crippen MR) is 72.5 cm³/mol. The second-order valence-corrected chi connectivity index (χ2v) is 5.93. The Hall–Kier alpha value is -0.492. The first-order valence-electron chi connectivity index (χ1n) is 6.80. The molecule has 1 aliphatic rings. The van der Waals surface area contributed by atoms with Crippen molar-refractivity contribution in [2.75, 3.05) is 0 Å². The van der Waals surface area contributed by atoms with E-state index in [0.717, 1.165) is 29.6 Å². The molecule has 0 spiro atoms. The van der Waals surface area contributed by atoms with E-state index in [1.165, 1.54) is 0 Å². The van der Waals surface area contributed by atoms with E-state index in [2.05, 4.69) is 40.7 Å². The average Bonchev–Trinajstić information content (AvgIpc) is 2.61. The molecule has 2 rings (SSSR count). The standard InChI is InChI=1S/C10H20.C6H5.2O.W/c1-6-7(2)9(4)10(5)8(6)3;1-2-4-6-5-3-1;;;/h6-10H,1-5H3;1-5H;;;/q;-1;;;. The summed E-state index contributed by atoms with van der Waals surface area (Å²) < 4.78 is 17.1. The molecule has 2 nitrogen and oxygen atoms in total. The molecule has 108 valence electrons. The van der Waals surface area contributed by atoms with Gasteiger partial charge in [-0.15, -0.1) is 0 Å². The minimum Gasteiger partial charge on any atom is -0.184 e. The minimum atomic E-state index is -2.25. The van der Waals surface area contributed by atoms with Gasteiger partial charge >= 0.3 is 25.3 Å². The van der Waals surface area contributed by atoms with Crippen molar-refractivity contribution >= 4 is 0 Å². The van der Waals surface area contributed by atoms with E-state index in [4.69, 9.17) is 6.80 Å². The van der Waals surface area contributed by atoms with E-state index in [-0.39, 0.29) is 0 Å². The van der Waals surface area contributed by atoms with Gasteiger partial charge in [0.05, 0.1) is 0 Å². The fourth-order valence-electron chi connectivity index (χ4n) is 2.74. The Morgan fingerprint density at radius 3 is 1.05 bits per heavy atom. The Kier molecular flexibility index (Phi) is 10.0. The molecule has 0 heterocycles. The van der Waals surface area contributed by atoms with Crippen LogP contribution in [0.4, 0.5) is 0 Å². The van der Waals surface area contributed by atoms with Gasteiger partial charge in [0.25, 0.3) is 0 Å². The van der Waals surface area contributed by atoms with Gasteiger partial charge in [0.15, 0.2) is 0 Å². The predicted octanol–water partition coefficient (Wildman–Crippen LogP) is 4.43. The Balaban J connectivity index is 0.000000306. The molecule has 1 aromatic carbocycles. The van der Waals surface area contributed by atoms with Crippen molar-refractivity contribution in [3.8, 4) is 0 Å². The second-order valence-electron chi connectivity index (χ2n) is 5.44. The molecule has 0 atom stereocenters. The van der Waals surface area contributed by atoms with Crippen molar-refractivity contribution in [3.05, 3.63) is 36.4 Å². The third-order valence-electron chi connectivity index (χ3n) is 4.75. The smallest absolute Gasteiger partial charge is 0.171 e. The maximum atomic E-state index is 8.54. The SMILES string of the molecule is CC1C(C)C(C)C(C)C1C.[O]=[W]=[O].[c-]1ccccc1. The third kappa shape index (κ3) is 6.47. The zero-order valence-corrected chi connectivity index (χ0v) is 15.4. The van der Waals surface area contributed by atoms with Crippen LogP contribution in [0.25, 0.3) is 0 Å². The molecule has 0 radical (unpaired) electrons. The summed E-state index contributed by atoms with van der Waals surface area (Å²) >= 11 is -2.25. The maximum Gasteiger partial charge on any atom is -0.171 e. The quantitative estimate of drug-likeness (QED) is 0.568. The summed E-state index contributed by atoms with van der Waals surface area (Å²) in [6.45, 7) is 12.0. The molecule has 0 N–H and O–H groups in total. The minimum absolute atomic E-state index is 0.935. The molecular formula is C16H25O2W-. The van der Waals surface area contributed by atoms with Gasteiger partial charge < -0.3 is 0 Å². The van der Waals surface area contributed by atoms with E-state index in [9.17, 15) is 0 Å². The fourth-order valence-corrected chi connectivity index (χ4v) is 2.74. The van der Waals surface area contributed by atoms with Crippen molar-refractivity contribution in [1.29, 1.82) is 0 Å². The van der Waals surface area contributed by atoms with Crippen molar-refractivity contribution in [3.63, 3.8) is 0 Å². The van der Waals surface area contributed by atoms with Crippen LogP contribution in [0.3, 0.4) is 0 Å². The fraction of sp³-hybridized carbons (Fsp3) is 0.625. The van der Waals surface area contributed by atoms with Gasteiger partial charge in [-0.25, -0.2) is 0 Å². The topological polar surface area (TPSA) is 34.1 Å². The van der Waals surface area contributed by atoms with Crippen LogP contribution in [0.1, 0.15) is 34.6 Å². The number of hydrogen-bond donors (Lipinski definition) is 0. The molecule has 0 saturated heterocycles. The van der Waals surface area contributed by atoms with Gasteiger partial charge in [-0.3, -0.25) is 0 Å². The average molecular weight is 433 g/mol. The molecule has 0 bridgehead atoms. The zero-order valence-electron chi connectivity index (χ0n) is 12.5. The van der Waals surface area contributed by atoms with E-state index in [1.54, 1.807) is 0 Å². The molecule has 1 aromatic rings. The van der Waals surface area contributed by atoms with Crippen molar-refractivity contribution in [2.45, 2.75) is 34.6 Å². The molecule has 3 heteroatoms. The first-order valence-corrected chi connectivity index (χ1v) is 9.19. The van der Waals surface area contributed by atoms with Crippen LogP contribution in [-0.2, 0) is 25.3 Å². The van der Waals surface area contributed by atoms with Gasteiger partial charge in [0.1, 0.15) is 0 Å². The van der Waals surface area contributed by atoms with Gasteiger partial charge in [-0.05, 0) is 29.6 Å². The van der Waals surface area contributed by atoms with Crippen LogP contribution >= 0.6 is 0 Å². The first-order chi connectivity index (χ1) is 8.97. The summed E-state index contributed by atoms with van der Waals surface area (Å²) in [6.07, 6.45) is 0. The van der Waals surface area contributed by atoms with E-state index in [0.29, 0.717) is 0 Å². The van der Waals surface area contributed by atoms with E-state index in [1.807, 2.05) is 30.3 Å². The monoisotopic (exact) mass is 433 g/mol. The van der Waals surface area contributed by atoms with Gasteiger partial charge in [0.2, 0.25) is 0 Å². The number of rotatable bonds is 0. The van der Waals surface area contributed by atoms with Crippen LogP contribution in [0.2, 0.25) is 0 Å². The Labute approximate surface area is 126 Å². The van der Waals surface area contributed by atoms with Crippen LogP contribution in [-0.4, -0.2) is 0 Å². The van der Waals surface area contributed by atoms with Crippen LogP contribution in [0, 0.1) is 35.7 Å². The van der Waals surface area contributed by atoms with E-state index >= 15 is 0 Å². The summed E-state index contributed by atoms with van der Waals surface area (Å²) in [5.41, 5.74) is 0. The summed E-state index contributed by atoms with van der Waals surface area (Å²) in [6, 6.07) is 12.5. The largest absolute Gasteiger partial charge is 0.184 e. The van der Waals surface area contributed by atoms with E-state index < -0.39 is 18.5 Å². The molecule has 0 unspecified atom stereocenters. The summed E-state index contributed by atoms with van der Waals surface area (Å²) in [7, 11) is 0. The van der Waals surface area contributed by atoms with Crippen LogP contribution < -0.4 is 0 Å². The number of benzene rings is 1. The second kappa shape index (κ2) is 10.3. The molecule has 19 heavy (non-hydrogen) atoms. The molecule has 0 aromatic heterocycles. The number of hydrogen-bond acceptors (Lipinski definition) is 2. The summed E-state index contributed by atoms with van der Waals surface area (Å²) in [5.74, 6) is 4.68. The summed E-state index contributed by atoms with van der Waals surface area (Å²) in [5, 5.41) is 0. The van der Waals surface area contributed by atoms with Crippen molar-refractivity contribution < 1.29 is 25.3 Å². The van der Waals surface area contributed by atoms with Crippen LogP contribution in [0.15, 0.2) is 30.3 Å². The molecule has 0 aliphatic heterocycles. The normalized spacial score (nSPS) is 32.4. The molecule has 1 fully saturated rings. The Bertz CT molecular complexity index is 289. The van der Waals surface area contributed by atoms with Gasteiger partial charge in [-0.2, -0.15) is 36.4 Å². The Morgan fingerprint density at radius 2 is 0.947 bits per heavy atom. The zero-order chi connectivity index (χ0) is 14.8. The molecular weight excluding hydrogens is 408 g/mol. The van der Waals surface area contributed by atoms with Gasteiger partial charge in [-0.1, -0.05) is 34.6 Å². The van der Waals surface area contributed by atoms with Crippen LogP contribution in [0.5, 0.6) is 0 Å². The first kappa shape index (κ1) is 18.5. The molecule has 1 aliphatic carbocycles. The Morgan fingerprint density at radius 1 is 0.684 bits per heavy atom. The maximum absolute atomic E-state index is 8.54.